The van der Waals surface area contributed by atoms with Gasteiger partial charge in [0, 0.05) is 31.0 Å². The van der Waals surface area contributed by atoms with Crippen molar-refractivity contribution in [3.63, 3.8) is 0 Å². The molecular formula is C13H17N5O2. The van der Waals surface area contributed by atoms with E-state index in [2.05, 4.69) is 25.8 Å². The molecule has 1 amide bonds. The molecule has 2 N–H and O–H groups in total. The zero-order valence-electron chi connectivity index (χ0n) is 11.5. The van der Waals surface area contributed by atoms with Crippen molar-refractivity contribution in [3.05, 3.63) is 35.5 Å². The van der Waals surface area contributed by atoms with E-state index in [1.807, 2.05) is 6.92 Å². The fraction of sp³-hybridized carbons (Fsp3) is 0.385. The van der Waals surface area contributed by atoms with Crippen LogP contribution in [0.1, 0.15) is 17.0 Å². The summed E-state index contributed by atoms with van der Waals surface area (Å²) in [5.74, 6) is 1.18. The molecular weight excluding hydrogens is 258 g/mol. The van der Waals surface area contributed by atoms with Crippen molar-refractivity contribution in [3.8, 4) is 0 Å². The number of hydrogen-bond acceptors (Lipinski definition) is 6. The normalized spacial score (nSPS) is 10.3. The van der Waals surface area contributed by atoms with Gasteiger partial charge in [-0.05, 0) is 19.9 Å². The molecule has 0 radical (unpaired) electrons. The smallest absolute Gasteiger partial charge is 0.224 e. The van der Waals surface area contributed by atoms with Gasteiger partial charge in [0.1, 0.15) is 5.76 Å². The number of rotatable bonds is 6. The van der Waals surface area contributed by atoms with Gasteiger partial charge in [-0.15, -0.1) is 0 Å². The van der Waals surface area contributed by atoms with E-state index in [-0.39, 0.29) is 12.3 Å². The van der Waals surface area contributed by atoms with Gasteiger partial charge >= 0.3 is 0 Å². The highest BCUT2D eigenvalue weighted by Crippen LogP contribution is 2.12. The summed E-state index contributed by atoms with van der Waals surface area (Å²) in [5, 5.41) is 9.65. The van der Waals surface area contributed by atoms with Gasteiger partial charge in [0.15, 0.2) is 0 Å². The van der Waals surface area contributed by atoms with E-state index >= 15 is 0 Å². The molecule has 0 fully saturated rings. The molecule has 20 heavy (non-hydrogen) atoms. The van der Waals surface area contributed by atoms with E-state index in [0.29, 0.717) is 24.8 Å². The number of carbonyl (C=O) groups excluding carboxylic acids is 1. The van der Waals surface area contributed by atoms with Crippen LogP contribution in [0, 0.1) is 13.8 Å². The van der Waals surface area contributed by atoms with Crippen LogP contribution in [-0.2, 0) is 11.2 Å². The van der Waals surface area contributed by atoms with Crippen LogP contribution in [0.4, 0.5) is 5.95 Å². The molecule has 0 atom stereocenters. The van der Waals surface area contributed by atoms with Gasteiger partial charge in [0.05, 0.1) is 12.1 Å². The monoisotopic (exact) mass is 275 g/mol. The summed E-state index contributed by atoms with van der Waals surface area (Å²) in [6.07, 6.45) is 3.60. The van der Waals surface area contributed by atoms with E-state index in [4.69, 9.17) is 4.52 Å². The van der Waals surface area contributed by atoms with E-state index < -0.39 is 0 Å². The SMILES string of the molecule is Cc1noc(C)c1CC(=O)NCCNc1ncccn1. The number of nitrogens with one attached hydrogen (secondary N) is 2. The second-order valence-corrected chi connectivity index (χ2v) is 4.33. The predicted octanol–water partition coefficient (Wildman–Crippen LogP) is 0.852. The summed E-state index contributed by atoms with van der Waals surface area (Å²) in [6.45, 7) is 4.70. The number of anilines is 1. The Bertz CT molecular complexity index is 548. The number of carbonyl (C=O) groups is 1. The summed E-state index contributed by atoms with van der Waals surface area (Å²) >= 11 is 0. The maximum absolute atomic E-state index is 11.8. The average molecular weight is 275 g/mol. The van der Waals surface area contributed by atoms with E-state index in [0.717, 1.165) is 11.3 Å². The van der Waals surface area contributed by atoms with Crippen LogP contribution < -0.4 is 10.6 Å². The van der Waals surface area contributed by atoms with Crippen LogP contribution >= 0.6 is 0 Å². The first-order chi connectivity index (χ1) is 9.66. The molecule has 7 nitrogen and oxygen atoms in total. The lowest BCUT2D eigenvalue weighted by atomic mass is 10.1. The molecule has 106 valence electrons. The highest BCUT2D eigenvalue weighted by molar-refractivity contribution is 5.79. The second-order valence-electron chi connectivity index (χ2n) is 4.33. The molecule has 0 bridgehead atoms. The van der Waals surface area contributed by atoms with Crippen LogP contribution in [0.3, 0.4) is 0 Å². The van der Waals surface area contributed by atoms with Gasteiger partial charge in [-0.25, -0.2) is 9.97 Å². The standard InChI is InChI=1S/C13H17N5O2/c1-9-11(10(2)20-18-9)8-12(19)14-6-7-17-13-15-4-3-5-16-13/h3-5H,6-8H2,1-2H3,(H,14,19)(H,15,16,17). The molecule has 0 unspecified atom stereocenters. The molecule has 2 aromatic heterocycles. The Morgan fingerprint density at radius 1 is 1.25 bits per heavy atom. The van der Waals surface area contributed by atoms with E-state index in [1.165, 1.54) is 0 Å². The van der Waals surface area contributed by atoms with Crippen molar-refractivity contribution < 1.29 is 9.32 Å². The predicted molar refractivity (Wildman–Crippen MR) is 73.2 cm³/mol. The molecule has 0 aromatic carbocycles. The Balaban J connectivity index is 1.71. The highest BCUT2D eigenvalue weighted by Gasteiger charge is 2.12. The topological polar surface area (TPSA) is 92.9 Å². The van der Waals surface area contributed by atoms with Crippen molar-refractivity contribution in [2.75, 3.05) is 18.4 Å². The third-order valence-electron chi connectivity index (χ3n) is 2.81. The zero-order chi connectivity index (χ0) is 14.4. The quantitative estimate of drug-likeness (QED) is 0.759. The molecule has 0 saturated heterocycles. The summed E-state index contributed by atoms with van der Waals surface area (Å²) in [5.41, 5.74) is 1.61. The first-order valence-corrected chi connectivity index (χ1v) is 6.36. The Morgan fingerprint density at radius 2 is 2.00 bits per heavy atom. The largest absolute Gasteiger partial charge is 0.361 e. The molecule has 0 saturated carbocycles. The molecule has 2 aromatic rings. The first-order valence-electron chi connectivity index (χ1n) is 6.36. The fourth-order valence-electron chi connectivity index (χ4n) is 1.74. The minimum Gasteiger partial charge on any atom is -0.361 e. The van der Waals surface area contributed by atoms with E-state index in [9.17, 15) is 4.79 Å². The highest BCUT2D eigenvalue weighted by atomic mass is 16.5. The average Bonchev–Trinajstić information content (AvgIpc) is 2.77. The summed E-state index contributed by atoms with van der Waals surface area (Å²) in [4.78, 5) is 19.8. The molecule has 7 heteroatoms. The van der Waals surface area contributed by atoms with Gasteiger partial charge in [0.25, 0.3) is 0 Å². The number of hydrogen-bond donors (Lipinski definition) is 2. The summed E-state index contributed by atoms with van der Waals surface area (Å²) in [7, 11) is 0. The lowest BCUT2D eigenvalue weighted by Gasteiger charge is -2.06. The Labute approximate surface area is 116 Å². The van der Waals surface area contributed by atoms with E-state index in [1.54, 1.807) is 25.4 Å². The maximum Gasteiger partial charge on any atom is 0.224 e. The van der Waals surface area contributed by atoms with Gasteiger partial charge < -0.3 is 15.2 Å². The van der Waals surface area contributed by atoms with Gasteiger partial charge in [0.2, 0.25) is 11.9 Å². The number of amides is 1. The van der Waals surface area contributed by atoms with Crippen LogP contribution in [0.25, 0.3) is 0 Å². The van der Waals surface area contributed by atoms with Crippen molar-refractivity contribution in [1.29, 1.82) is 0 Å². The molecule has 0 spiro atoms. The molecule has 0 aliphatic rings. The molecule has 2 heterocycles. The molecule has 2 rings (SSSR count). The second kappa shape index (κ2) is 6.65. The Hall–Kier alpha value is -2.44. The lowest BCUT2D eigenvalue weighted by molar-refractivity contribution is -0.120. The minimum atomic E-state index is -0.0600. The van der Waals surface area contributed by atoms with Crippen LogP contribution in [-0.4, -0.2) is 34.1 Å². The van der Waals surface area contributed by atoms with Gasteiger partial charge in [-0.3, -0.25) is 4.79 Å². The third kappa shape index (κ3) is 3.78. The summed E-state index contributed by atoms with van der Waals surface area (Å²) in [6, 6.07) is 1.75. The number of aromatic nitrogens is 3. The van der Waals surface area contributed by atoms with Crippen molar-refractivity contribution >= 4 is 11.9 Å². The maximum atomic E-state index is 11.8. The zero-order valence-corrected chi connectivity index (χ0v) is 11.5. The summed E-state index contributed by atoms with van der Waals surface area (Å²) < 4.78 is 5.02. The molecule has 0 aliphatic heterocycles. The minimum absolute atomic E-state index is 0.0600. The van der Waals surface area contributed by atoms with Crippen molar-refractivity contribution in [1.82, 2.24) is 20.4 Å². The first kappa shape index (κ1) is 14.0. The Morgan fingerprint density at radius 3 is 2.65 bits per heavy atom. The fourth-order valence-corrected chi connectivity index (χ4v) is 1.74. The number of aryl methyl sites for hydroxylation is 2. The van der Waals surface area contributed by atoms with Crippen LogP contribution in [0.2, 0.25) is 0 Å². The Kier molecular flexibility index (Phi) is 4.65. The van der Waals surface area contributed by atoms with Crippen LogP contribution in [0.5, 0.6) is 0 Å². The lowest BCUT2D eigenvalue weighted by Crippen LogP contribution is -2.30. The third-order valence-corrected chi connectivity index (χ3v) is 2.81. The number of nitrogens with zero attached hydrogens (tertiary/aromatic N) is 3. The van der Waals surface area contributed by atoms with Gasteiger partial charge in [-0.1, -0.05) is 5.16 Å². The van der Waals surface area contributed by atoms with Crippen molar-refractivity contribution in [2.24, 2.45) is 0 Å². The van der Waals surface area contributed by atoms with Crippen molar-refractivity contribution in [2.45, 2.75) is 20.3 Å². The molecule has 0 aliphatic carbocycles. The van der Waals surface area contributed by atoms with Gasteiger partial charge in [-0.2, -0.15) is 0 Å². The van der Waals surface area contributed by atoms with Crippen LogP contribution in [0.15, 0.2) is 23.0 Å².